The minimum atomic E-state index is -0.937. The number of nitrogens with one attached hydrogen (secondary N) is 1. The van der Waals surface area contributed by atoms with Crippen molar-refractivity contribution >= 4 is 23.5 Å². The number of ether oxygens (including phenoxy) is 2. The van der Waals surface area contributed by atoms with Crippen LogP contribution in [-0.4, -0.2) is 40.9 Å². The van der Waals surface area contributed by atoms with E-state index in [2.05, 4.69) is 19.2 Å². The van der Waals surface area contributed by atoms with Crippen molar-refractivity contribution in [1.29, 1.82) is 0 Å². The number of esters is 1. The SMILES string of the molecule is CCOC(=O)C(=O)Nc1cc(C)c(Oc2ccc(O)c(CN(CC(C)C)C(=O)CC3CCCCC3)c2)c(C)c1. The van der Waals surface area contributed by atoms with Gasteiger partial charge in [0, 0.05) is 30.8 Å². The maximum atomic E-state index is 13.3. The molecule has 2 aromatic rings. The van der Waals surface area contributed by atoms with Crippen LogP contribution in [-0.2, 0) is 25.7 Å². The molecule has 2 aromatic carbocycles. The lowest BCUT2D eigenvalue weighted by Crippen LogP contribution is -2.35. The molecule has 0 saturated heterocycles. The van der Waals surface area contributed by atoms with Gasteiger partial charge in [-0.2, -0.15) is 0 Å². The number of anilines is 1. The molecular weight excluding hydrogens is 496 g/mol. The largest absolute Gasteiger partial charge is 0.508 e. The number of carbonyl (C=O) groups is 3. The molecule has 1 aliphatic carbocycles. The summed E-state index contributed by atoms with van der Waals surface area (Å²) in [5.74, 6) is 0.357. The molecule has 0 aliphatic heterocycles. The fourth-order valence-corrected chi connectivity index (χ4v) is 5.10. The Morgan fingerprint density at radius 2 is 1.72 bits per heavy atom. The van der Waals surface area contributed by atoms with Gasteiger partial charge in [-0.1, -0.05) is 33.1 Å². The van der Waals surface area contributed by atoms with Crippen LogP contribution in [0, 0.1) is 25.7 Å². The highest BCUT2D eigenvalue weighted by molar-refractivity contribution is 6.37. The first kappa shape index (κ1) is 30.0. The Labute approximate surface area is 231 Å². The molecular formula is C31H42N2O6. The Hall–Kier alpha value is -3.55. The minimum Gasteiger partial charge on any atom is -0.508 e. The van der Waals surface area contributed by atoms with Gasteiger partial charge in [0.2, 0.25) is 5.91 Å². The second kappa shape index (κ2) is 14.0. The molecule has 0 heterocycles. The highest BCUT2D eigenvalue weighted by atomic mass is 16.5. The fourth-order valence-electron chi connectivity index (χ4n) is 5.10. The van der Waals surface area contributed by atoms with E-state index in [-0.39, 0.29) is 18.3 Å². The van der Waals surface area contributed by atoms with Crippen molar-refractivity contribution in [2.24, 2.45) is 11.8 Å². The van der Waals surface area contributed by atoms with Gasteiger partial charge in [-0.15, -0.1) is 0 Å². The van der Waals surface area contributed by atoms with Crippen molar-refractivity contribution in [2.75, 3.05) is 18.5 Å². The fraction of sp³-hybridized carbons (Fsp3) is 0.516. The van der Waals surface area contributed by atoms with E-state index >= 15 is 0 Å². The number of phenolic OH excluding ortho intramolecular Hbond substituents is 1. The average molecular weight is 539 g/mol. The Bertz CT molecular complexity index is 1150. The van der Waals surface area contributed by atoms with Crippen molar-refractivity contribution in [2.45, 2.75) is 79.7 Å². The summed E-state index contributed by atoms with van der Waals surface area (Å²) < 4.78 is 10.9. The number of amides is 2. The molecule has 8 heteroatoms. The van der Waals surface area contributed by atoms with Crippen LogP contribution < -0.4 is 10.1 Å². The number of phenols is 1. The number of hydrogen-bond donors (Lipinski definition) is 2. The van der Waals surface area contributed by atoms with Crippen LogP contribution in [0.15, 0.2) is 30.3 Å². The number of benzene rings is 2. The number of aryl methyl sites for hydroxylation is 2. The zero-order chi connectivity index (χ0) is 28.5. The van der Waals surface area contributed by atoms with Gasteiger partial charge in [0.1, 0.15) is 17.2 Å². The van der Waals surface area contributed by atoms with E-state index in [4.69, 9.17) is 9.47 Å². The summed E-state index contributed by atoms with van der Waals surface area (Å²) in [5, 5.41) is 13.2. The van der Waals surface area contributed by atoms with Crippen molar-refractivity contribution in [3.05, 3.63) is 47.0 Å². The van der Waals surface area contributed by atoms with Gasteiger partial charge in [0.15, 0.2) is 0 Å². The Morgan fingerprint density at radius 1 is 1.05 bits per heavy atom. The quantitative estimate of drug-likeness (QED) is 0.273. The lowest BCUT2D eigenvalue weighted by Gasteiger charge is -2.28. The third-order valence-electron chi connectivity index (χ3n) is 6.94. The van der Waals surface area contributed by atoms with Crippen LogP contribution in [0.5, 0.6) is 17.2 Å². The molecule has 3 rings (SSSR count). The molecule has 0 spiro atoms. The lowest BCUT2D eigenvalue weighted by atomic mass is 9.86. The maximum Gasteiger partial charge on any atom is 0.397 e. The molecule has 8 nitrogen and oxygen atoms in total. The van der Waals surface area contributed by atoms with Gasteiger partial charge in [0.25, 0.3) is 0 Å². The normalized spacial score (nSPS) is 13.7. The second-order valence-electron chi connectivity index (χ2n) is 10.9. The maximum absolute atomic E-state index is 13.3. The van der Waals surface area contributed by atoms with E-state index in [1.54, 1.807) is 37.3 Å². The number of nitrogens with zero attached hydrogens (tertiary/aromatic N) is 1. The third kappa shape index (κ3) is 8.73. The van der Waals surface area contributed by atoms with E-state index in [1.165, 1.54) is 19.3 Å². The van der Waals surface area contributed by atoms with Gasteiger partial charge < -0.3 is 24.8 Å². The van der Waals surface area contributed by atoms with Crippen LogP contribution in [0.3, 0.4) is 0 Å². The molecule has 2 N–H and O–H groups in total. The first-order valence-corrected chi connectivity index (χ1v) is 13.9. The molecule has 1 aliphatic rings. The summed E-state index contributed by atoms with van der Waals surface area (Å²) in [6, 6.07) is 8.48. The molecule has 1 saturated carbocycles. The first-order chi connectivity index (χ1) is 18.6. The number of hydrogen-bond acceptors (Lipinski definition) is 6. The minimum absolute atomic E-state index is 0.118. The molecule has 0 aromatic heterocycles. The molecule has 1 fully saturated rings. The van der Waals surface area contributed by atoms with E-state index in [0.717, 1.165) is 24.0 Å². The highest BCUT2D eigenvalue weighted by Gasteiger charge is 2.23. The highest BCUT2D eigenvalue weighted by Crippen LogP contribution is 2.34. The van der Waals surface area contributed by atoms with Crippen molar-refractivity contribution < 1.29 is 29.0 Å². The van der Waals surface area contributed by atoms with E-state index in [0.29, 0.717) is 54.1 Å². The number of aromatic hydroxyl groups is 1. The van der Waals surface area contributed by atoms with Gasteiger partial charge in [-0.25, -0.2) is 4.79 Å². The van der Waals surface area contributed by atoms with Crippen LogP contribution >= 0.6 is 0 Å². The summed E-state index contributed by atoms with van der Waals surface area (Å²) in [4.78, 5) is 38.8. The summed E-state index contributed by atoms with van der Waals surface area (Å²) in [7, 11) is 0. The zero-order valence-electron chi connectivity index (χ0n) is 23.8. The predicted octanol–water partition coefficient (Wildman–Crippen LogP) is 6.26. The molecule has 0 bridgehead atoms. The molecule has 0 radical (unpaired) electrons. The van der Waals surface area contributed by atoms with Gasteiger partial charge in [-0.3, -0.25) is 9.59 Å². The average Bonchev–Trinajstić information content (AvgIpc) is 2.88. The monoisotopic (exact) mass is 538 g/mol. The van der Waals surface area contributed by atoms with E-state index in [9.17, 15) is 19.5 Å². The van der Waals surface area contributed by atoms with Crippen LogP contribution in [0.2, 0.25) is 0 Å². The molecule has 212 valence electrons. The van der Waals surface area contributed by atoms with Crippen molar-refractivity contribution in [3.8, 4) is 17.2 Å². The second-order valence-corrected chi connectivity index (χ2v) is 10.9. The topological polar surface area (TPSA) is 105 Å². The summed E-state index contributed by atoms with van der Waals surface area (Å²) >= 11 is 0. The predicted molar refractivity (Wildman–Crippen MR) is 151 cm³/mol. The third-order valence-corrected chi connectivity index (χ3v) is 6.94. The molecule has 0 atom stereocenters. The molecule has 39 heavy (non-hydrogen) atoms. The van der Waals surface area contributed by atoms with E-state index < -0.39 is 11.9 Å². The summed E-state index contributed by atoms with van der Waals surface area (Å²) in [6.45, 7) is 10.6. The molecule has 0 unspecified atom stereocenters. The van der Waals surface area contributed by atoms with Crippen LogP contribution in [0.1, 0.15) is 76.0 Å². The number of rotatable bonds is 10. The van der Waals surface area contributed by atoms with Gasteiger partial charge in [0.05, 0.1) is 6.61 Å². The van der Waals surface area contributed by atoms with Gasteiger partial charge >= 0.3 is 11.9 Å². The summed E-state index contributed by atoms with van der Waals surface area (Å²) in [5.41, 5.74) is 2.60. The van der Waals surface area contributed by atoms with Crippen LogP contribution in [0.4, 0.5) is 5.69 Å². The Morgan fingerprint density at radius 3 is 2.33 bits per heavy atom. The Kier molecular flexibility index (Phi) is 10.8. The van der Waals surface area contributed by atoms with Crippen molar-refractivity contribution in [1.82, 2.24) is 4.90 Å². The Balaban J connectivity index is 1.75. The van der Waals surface area contributed by atoms with Crippen LogP contribution in [0.25, 0.3) is 0 Å². The summed E-state index contributed by atoms with van der Waals surface area (Å²) in [6.07, 6.45) is 6.42. The lowest BCUT2D eigenvalue weighted by molar-refractivity contribution is -0.152. The van der Waals surface area contributed by atoms with Crippen molar-refractivity contribution in [3.63, 3.8) is 0 Å². The van der Waals surface area contributed by atoms with Gasteiger partial charge in [-0.05, 0) is 86.9 Å². The molecule has 2 amide bonds. The number of carbonyl (C=O) groups excluding carboxylic acids is 3. The first-order valence-electron chi connectivity index (χ1n) is 13.9. The van der Waals surface area contributed by atoms with E-state index in [1.807, 2.05) is 18.7 Å². The standard InChI is InChI=1S/C31H42N2O6/c1-6-38-31(37)30(36)32-25-14-21(4)29(22(5)15-25)39-26-12-13-27(34)24(17-26)19-33(18-20(2)3)28(35)16-23-10-8-7-9-11-23/h12-15,17,20,23,34H,6-11,16,18-19H2,1-5H3,(H,32,36). The zero-order valence-corrected chi connectivity index (χ0v) is 23.8. The smallest absolute Gasteiger partial charge is 0.397 e.